The molecule has 0 amide bonds. The standard InChI is InChI=1S/C23H31ClN2O3/c1-2-21(25)23(16-6-11-28-12-7-16)8-3-17(4-9-23)29-20-13-15-5-10-26-22(27)18(15)14-19(20)24/h5,10,13-14,16-17,21H,2-4,6-9,11-12,25H2,1H3,(H,26,27)/t17?,21-,23?/m0/s1. The smallest absolute Gasteiger partial charge is 0.255 e. The first-order valence-electron chi connectivity index (χ1n) is 10.8. The maximum absolute atomic E-state index is 12.0. The highest BCUT2D eigenvalue weighted by Gasteiger charge is 2.46. The van der Waals surface area contributed by atoms with Crippen LogP contribution in [0.1, 0.15) is 51.9 Å². The van der Waals surface area contributed by atoms with E-state index in [1.807, 2.05) is 12.1 Å². The summed E-state index contributed by atoms with van der Waals surface area (Å²) in [6.45, 7) is 3.91. The van der Waals surface area contributed by atoms with Crippen LogP contribution in [0.15, 0.2) is 29.2 Å². The summed E-state index contributed by atoms with van der Waals surface area (Å²) in [4.78, 5) is 14.7. The molecule has 4 rings (SSSR count). The lowest BCUT2D eigenvalue weighted by Crippen LogP contribution is -2.51. The van der Waals surface area contributed by atoms with Crippen LogP contribution < -0.4 is 16.0 Å². The zero-order valence-corrected chi connectivity index (χ0v) is 17.8. The van der Waals surface area contributed by atoms with Crippen molar-refractivity contribution in [3.05, 3.63) is 39.8 Å². The number of benzene rings is 1. The van der Waals surface area contributed by atoms with Gasteiger partial charge in [-0.2, -0.15) is 0 Å². The molecule has 2 aliphatic rings. The molecule has 1 aromatic heterocycles. The van der Waals surface area contributed by atoms with Crippen LogP contribution >= 0.6 is 11.6 Å². The van der Waals surface area contributed by atoms with E-state index in [1.165, 1.54) is 0 Å². The zero-order valence-electron chi connectivity index (χ0n) is 17.1. The molecule has 3 N–H and O–H groups in total. The number of hydrogen-bond donors (Lipinski definition) is 2. The molecule has 1 saturated carbocycles. The molecular weight excluding hydrogens is 388 g/mol. The largest absolute Gasteiger partial charge is 0.489 e. The van der Waals surface area contributed by atoms with Crippen LogP contribution in [-0.4, -0.2) is 30.3 Å². The predicted octanol–water partition coefficient (Wildman–Crippen LogP) is 4.65. The minimum absolute atomic E-state index is 0.129. The summed E-state index contributed by atoms with van der Waals surface area (Å²) >= 11 is 6.43. The first-order valence-corrected chi connectivity index (χ1v) is 11.2. The van der Waals surface area contributed by atoms with Crippen LogP contribution in [-0.2, 0) is 4.74 Å². The minimum atomic E-state index is -0.136. The van der Waals surface area contributed by atoms with Gasteiger partial charge >= 0.3 is 0 Å². The number of ether oxygens (including phenoxy) is 2. The van der Waals surface area contributed by atoms with Gasteiger partial charge < -0.3 is 20.2 Å². The molecule has 0 spiro atoms. The van der Waals surface area contributed by atoms with Crippen LogP contribution in [0.25, 0.3) is 10.8 Å². The first kappa shape index (κ1) is 20.7. The Hall–Kier alpha value is -1.56. The van der Waals surface area contributed by atoms with Gasteiger partial charge in [-0.15, -0.1) is 0 Å². The number of nitrogens with two attached hydrogens (primary N) is 1. The lowest BCUT2D eigenvalue weighted by Gasteiger charge is -2.50. The van der Waals surface area contributed by atoms with Crippen molar-refractivity contribution in [1.29, 1.82) is 0 Å². The van der Waals surface area contributed by atoms with Gasteiger partial charge in [-0.1, -0.05) is 18.5 Å². The summed E-state index contributed by atoms with van der Waals surface area (Å²) in [7, 11) is 0. The molecule has 0 bridgehead atoms. The summed E-state index contributed by atoms with van der Waals surface area (Å²) in [5.74, 6) is 1.30. The number of pyridine rings is 1. The number of nitrogens with one attached hydrogen (secondary N) is 1. The van der Waals surface area contributed by atoms with E-state index in [0.29, 0.717) is 22.1 Å². The molecule has 0 radical (unpaired) electrons. The van der Waals surface area contributed by atoms with Crippen LogP contribution in [0.5, 0.6) is 5.75 Å². The second-order valence-electron chi connectivity index (χ2n) is 8.63. The average Bonchev–Trinajstić information content (AvgIpc) is 2.76. The van der Waals surface area contributed by atoms with Crippen LogP contribution in [0, 0.1) is 11.3 Å². The fourth-order valence-corrected chi connectivity index (χ4v) is 5.67. The lowest BCUT2D eigenvalue weighted by atomic mass is 9.59. The summed E-state index contributed by atoms with van der Waals surface area (Å²) in [5.41, 5.74) is 6.73. The van der Waals surface area contributed by atoms with E-state index < -0.39 is 0 Å². The third-order valence-corrected chi connectivity index (χ3v) is 7.49. The highest BCUT2D eigenvalue weighted by molar-refractivity contribution is 6.32. The van der Waals surface area contributed by atoms with E-state index in [2.05, 4.69) is 11.9 Å². The summed E-state index contributed by atoms with van der Waals surface area (Å²) in [5, 5.41) is 1.91. The quantitative estimate of drug-likeness (QED) is 0.740. The number of rotatable bonds is 5. The number of aromatic amines is 1. The highest BCUT2D eigenvalue weighted by atomic mass is 35.5. The maximum atomic E-state index is 12.0. The fraction of sp³-hybridized carbons (Fsp3) is 0.609. The normalized spacial score (nSPS) is 27.1. The lowest BCUT2D eigenvalue weighted by molar-refractivity contribution is -0.0398. The van der Waals surface area contributed by atoms with E-state index in [0.717, 1.165) is 63.5 Å². The van der Waals surface area contributed by atoms with Crippen molar-refractivity contribution in [3.63, 3.8) is 0 Å². The molecule has 1 aliphatic carbocycles. The van der Waals surface area contributed by atoms with Gasteiger partial charge in [0.2, 0.25) is 0 Å². The van der Waals surface area contributed by atoms with E-state index in [9.17, 15) is 4.79 Å². The van der Waals surface area contributed by atoms with Crippen molar-refractivity contribution >= 4 is 22.4 Å². The van der Waals surface area contributed by atoms with E-state index in [4.69, 9.17) is 26.8 Å². The van der Waals surface area contributed by atoms with Crippen LogP contribution in [0.3, 0.4) is 0 Å². The SMILES string of the molecule is CC[C@H](N)C1(C2CCOCC2)CCC(Oc2cc3cc[nH]c(=O)c3cc2Cl)CC1. The topological polar surface area (TPSA) is 77.3 Å². The zero-order chi connectivity index (χ0) is 20.4. The van der Waals surface area contributed by atoms with Gasteiger partial charge in [0.25, 0.3) is 5.56 Å². The molecule has 158 valence electrons. The van der Waals surface area contributed by atoms with Crippen molar-refractivity contribution in [2.75, 3.05) is 13.2 Å². The van der Waals surface area contributed by atoms with Gasteiger partial charge in [0.05, 0.1) is 11.1 Å². The molecule has 0 unspecified atom stereocenters. The molecule has 6 heteroatoms. The van der Waals surface area contributed by atoms with E-state index in [-0.39, 0.29) is 23.1 Å². The van der Waals surface area contributed by atoms with Gasteiger partial charge in [0.1, 0.15) is 5.75 Å². The van der Waals surface area contributed by atoms with E-state index >= 15 is 0 Å². The average molecular weight is 419 g/mol. The molecule has 2 fully saturated rings. The third kappa shape index (κ3) is 4.05. The summed E-state index contributed by atoms with van der Waals surface area (Å²) in [6.07, 6.45) is 9.15. The van der Waals surface area contributed by atoms with Crippen molar-refractivity contribution in [2.24, 2.45) is 17.1 Å². The second-order valence-corrected chi connectivity index (χ2v) is 9.04. The fourth-order valence-electron chi connectivity index (χ4n) is 5.47. The Morgan fingerprint density at radius 3 is 2.69 bits per heavy atom. The Labute approximate surface area is 176 Å². The van der Waals surface area contributed by atoms with Crippen molar-refractivity contribution in [3.8, 4) is 5.75 Å². The highest BCUT2D eigenvalue weighted by Crippen LogP contribution is 2.49. The molecular formula is C23H31ClN2O3. The summed E-state index contributed by atoms with van der Waals surface area (Å²) < 4.78 is 11.9. The summed E-state index contributed by atoms with van der Waals surface area (Å²) in [6, 6.07) is 5.68. The molecule has 29 heavy (non-hydrogen) atoms. The monoisotopic (exact) mass is 418 g/mol. The molecule has 2 heterocycles. The van der Waals surface area contributed by atoms with Gasteiger partial charge in [0.15, 0.2) is 0 Å². The van der Waals surface area contributed by atoms with Crippen molar-refractivity contribution in [1.82, 2.24) is 4.98 Å². The Morgan fingerprint density at radius 2 is 2.00 bits per heavy atom. The van der Waals surface area contributed by atoms with Gasteiger partial charge in [0, 0.05) is 30.8 Å². The van der Waals surface area contributed by atoms with Crippen molar-refractivity contribution < 1.29 is 9.47 Å². The van der Waals surface area contributed by atoms with Crippen LogP contribution in [0.2, 0.25) is 5.02 Å². The number of aromatic nitrogens is 1. The minimum Gasteiger partial charge on any atom is -0.489 e. The first-order chi connectivity index (χ1) is 14.0. The number of hydrogen-bond acceptors (Lipinski definition) is 4. The molecule has 1 atom stereocenters. The van der Waals surface area contributed by atoms with Gasteiger partial charge in [-0.3, -0.25) is 4.79 Å². The molecule has 2 aromatic rings. The Bertz CT molecular complexity index is 899. The molecule has 1 saturated heterocycles. The number of halogens is 1. The van der Waals surface area contributed by atoms with Gasteiger partial charge in [-0.05, 0) is 79.9 Å². The Balaban J connectivity index is 1.49. The van der Waals surface area contributed by atoms with Gasteiger partial charge in [-0.25, -0.2) is 0 Å². The van der Waals surface area contributed by atoms with Crippen molar-refractivity contribution in [2.45, 2.75) is 64.0 Å². The number of fused-ring (bicyclic) bond motifs is 1. The second kappa shape index (κ2) is 8.66. The third-order valence-electron chi connectivity index (χ3n) is 7.20. The molecule has 1 aromatic carbocycles. The maximum Gasteiger partial charge on any atom is 0.255 e. The molecule has 1 aliphatic heterocycles. The van der Waals surface area contributed by atoms with Crippen LogP contribution in [0.4, 0.5) is 0 Å². The number of H-pyrrole nitrogens is 1. The Kier molecular flexibility index (Phi) is 6.19. The Morgan fingerprint density at radius 1 is 1.28 bits per heavy atom. The van der Waals surface area contributed by atoms with E-state index in [1.54, 1.807) is 12.3 Å². The molecule has 5 nitrogen and oxygen atoms in total. The predicted molar refractivity (Wildman–Crippen MR) is 117 cm³/mol.